The van der Waals surface area contributed by atoms with Gasteiger partial charge in [-0.1, -0.05) is 18.2 Å². The van der Waals surface area contributed by atoms with Gasteiger partial charge in [0.2, 0.25) is 0 Å². The summed E-state index contributed by atoms with van der Waals surface area (Å²) in [6.07, 6.45) is -8.20. The SMILES string of the molecule is Cc1ccccc1-n1ncc(C(=O)Nc2ccnc(C(F)(F)F)c2)c1C(F)(F)F. The predicted molar refractivity (Wildman–Crippen MR) is 90.5 cm³/mol. The van der Waals surface area contributed by atoms with Gasteiger partial charge < -0.3 is 5.32 Å². The van der Waals surface area contributed by atoms with Crippen LogP contribution in [0.3, 0.4) is 0 Å². The molecule has 152 valence electrons. The van der Waals surface area contributed by atoms with Crippen molar-refractivity contribution in [1.29, 1.82) is 0 Å². The molecule has 1 aromatic carbocycles. The average Bonchev–Trinajstić information content (AvgIpc) is 3.07. The lowest BCUT2D eigenvalue weighted by atomic mass is 10.1. The molecule has 0 aliphatic carbocycles. The Morgan fingerprint density at radius 1 is 1.03 bits per heavy atom. The number of nitrogens with one attached hydrogen (secondary N) is 1. The van der Waals surface area contributed by atoms with Gasteiger partial charge >= 0.3 is 12.4 Å². The molecule has 0 bridgehead atoms. The monoisotopic (exact) mass is 414 g/mol. The summed E-state index contributed by atoms with van der Waals surface area (Å²) in [6, 6.07) is 7.68. The van der Waals surface area contributed by atoms with Crippen LogP contribution in [0, 0.1) is 6.92 Å². The van der Waals surface area contributed by atoms with Gasteiger partial charge in [0.1, 0.15) is 5.69 Å². The number of pyridine rings is 1. The van der Waals surface area contributed by atoms with Gasteiger partial charge in [-0.2, -0.15) is 31.4 Å². The number of rotatable bonds is 3. The van der Waals surface area contributed by atoms with Crippen LogP contribution in [0.15, 0.2) is 48.8 Å². The normalized spacial score (nSPS) is 12.1. The molecule has 0 spiro atoms. The van der Waals surface area contributed by atoms with E-state index in [1.54, 1.807) is 19.1 Å². The highest BCUT2D eigenvalue weighted by Crippen LogP contribution is 2.35. The maximum Gasteiger partial charge on any atom is 0.434 e. The Morgan fingerprint density at radius 3 is 2.34 bits per heavy atom. The van der Waals surface area contributed by atoms with Crippen molar-refractivity contribution in [1.82, 2.24) is 14.8 Å². The third-order valence-electron chi connectivity index (χ3n) is 3.93. The Bertz CT molecular complexity index is 1050. The van der Waals surface area contributed by atoms with Crippen LogP contribution in [-0.2, 0) is 12.4 Å². The number of aryl methyl sites for hydroxylation is 1. The Balaban J connectivity index is 2.01. The van der Waals surface area contributed by atoms with Crippen LogP contribution >= 0.6 is 0 Å². The summed E-state index contributed by atoms with van der Waals surface area (Å²) < 4.78 is 79.8. The third-order valence-corrected chi connectivity index (χ3v) is 3.93. The minimum Gasteiger partial charge on any atom is -0.322 e. The zero-order valence-electron chi connectivity index (χ0n) is 14.6. The van der Waals surface area contributed by atoms with Crippen LogP contribution in [0.1, 0.15) is 27.3 Å². The molecule has 0 saturated heterocycles. The summed E-state index contributed by atoms with van der Waals surface area (Å²) in [7, 11) is 0. The van der Waals surface area contributed by atoms with E-state index < -0.39 is 35.2 Å². The smallest absolute Gasteiger partial charge is 0.322 e. The number of para-hydroxylation sites is 1. The number of halogens is 6. The van der Waals surface area contributed by atoms with Gasteiger partial charge in [-0.05, 0) is 30.7 Å². The summed E-state index contributed by atoms with van der Waals surface area (Å²) in [5.41, 5.74) is -3.21. The molecule has 29 heavy (non-hydrogen) atoms. The van der Waals surface area contributed by atoms with Gasteiger partial charge in [-0.15, -0.1) is 0 Å². The number of carbonyl (C=O) groups excluding carboxylic acids is 1. The number of alkyl halides is 6. The van der Waals surface area contributed by atoms with E-state index in [-0.39, 0.29) is 11.4 Å². The lowest BCUT2D eigenvalue weighted by Crippen LogP contribution is -2.21. The molecular weight excluding hydrogens is 402 g/mol. The molecule has 0 unspecified atom stereocenters. The van der Waals surface area contributed by atoms with Gasteiger partial charge in [-0.3, -0.25) is 9.78 Å². The zero-order chi connectivity index (χ0) is 21.4. The number of aromatic nitrogens is 3. The van der Waals surface area contributed by atoms with E-state index in [9.17, 15) is 31.1 Å². The maximum absolute atomic E-state index is 13.7. The highest BCUT2D eigenvalue weighted by atomic mass is 19.4. The molecule has 0 fully saturated rings. The van der Waals surface area contributed by atoms with Crippen LogP contribution in [0.4, 0.5) is 32.0 Å². The van der Waals surface area contributed by atoms with E-state index in [1.807, 2.05) is 5.32 Å². The van der Waals surface area contributed by atoms with Crippen molar-refractivity contribution in [2.75, 3.05) is 5.32 Å². The quantitative estimate of drug-likeness (QED) is 0.623. The van der Waals surface area contributed by atoms with Crippen molar-refractivity contribution >= 4 is 11.6 Å². The first-order chi connectivity index (χ1) is 13.5. The second-order valence-corrected chi connectivity index (χ2v) is 5.98. The highest BCUT2D eigenvalue weighted by molar-refractivity contribution is 6.05. The number of anilines is 1. The first kappa shape index (κ1) is 20.4. The molecule has 0 radical (unpaired) electrons. The summed E-state index contributed by atoms with van der Waals surface area (Å²) in [5, 5.41) is 5.71. The first-order valence-electron chi connectivity index (χ1n) is 8.04. The van der Waals surface area contributed by atoms with E-state index in [2.05, 4.69) is 10.1 Å². The largest absolute Gasteiger partial charge is 0.434 e. The molecule has 3 aromatic rings. The molecule has 0 saturated carbocycles. The van der Waals surface area contributed by atoms with Crippen molar-refractivity contribution in [3.63, 3.8) is 0 Å². The van der Waals surface area contributed by atoms with Crippen molar-refractivity contribution in [3.05, 3.63) is 71.3 Å². The Morgan fingerprint density at radius 2 is 1.72 bits per heavy atom. The minimum absolute atomic E-state index is 0.113. The molecule has 11 heteroatoms. The number of carbonyl (C=O) groups is 1. The van der Waals surface area contributed by atoms with Crippen LogP contribution in [0.25, 0.3) is 5.69 Å². The average molecular weight is 414 g/mol. The molecular formula is C18H12F6N4O. The molecule has 1 N–H and O–H groups in total. The number of amides is 1. The number of hydrogen-bond acceptors (Lipinski definition) is 3. The second kappa shape index (κ2) is 7.22. The van der Waals surface area contributed by atoms with Crippen LogP contribution < -0.4 is 5.32 Å². The van der Waals surface area contributed by atoms with Gasteiger partial charge in [0.25, 0.3) is 5.91 Å². The topological polar surface area (TPSA) is 59.8 Å². The Kier molecular flexibility index (Phi) is 5.07. The zero-order valence-corrected chi connectivity index (χ0v) is 14.6. The first-order valence-corrected chi connectivity index (χ1v) is 8.04. The molecule has 3 rings (SSSR count). The van der Waals surface area contributed by atoms with Gasteiger partial charge in [-0.25, -0.2) is 4.68 Å². The van der Waals surface area contributed by atoms with Gasteiger partial charge in [0.15, 0.2) is 5.69 Å². The Labute approximate surface area is 160 Å². The Hall–Kier alpha value is -3.37. The van der Waals surface area contributed by atoms with E-state index in [0.29, 0.717) is 16.3 Å². The van der Waals surface area contributed by atoms with E-state index in [4.69, 9.17) is 0 Å². The maximum atomic E-state index is 13.7. The lowest BCUT2D eigenvalue weighted by Gasteiger charge is -2.14. The fraction of sp³-hybridized carbons (Fsp3) is 0.167. The minimum atomic E-state index is -4.94. The third kappa shape index (κ3) is 4.23. The van der Waals surface area contributed by atoms with Gasteiger partial charge in [0.05, 0.1) is 17.4 Å². The number of nitrogens with zero attached hydrogens (tertiary/aromatic N) is 3. The van der Waals surface area contributed by atoms with E-state index in [1.165, 1.54) is 12.1 Å². The van der Waals surface area contributed by atoms with E-state index in [0.717, 1.165) is 18.5 Å². The number of hydrogen-bond donors (Lipinski definition) is 1. The predicted octanol–water partition coefficient (Wildman–Crippen LogP) is 4.87. The van der Waals surface area contributed by atoms with Crippen molar-refractivity contribution < 1.29 is 31.1 Å². The fourth-order valence-corrected chi connectivity index (χ4v) is 2.63. The molecule has 2 heterocycles. The molecule has 0 aliphatic heterocycles. The van der Waals surface area contributed by atoms with Gasteiger partial charge in [0, 0.05) is 11.9 Å². The van der Waals surface area contributed by atoms with Crippen LogP contribution in [0.5, 0.6) is 0 Å². The van der Waals surface area contributed by atoms with Crippen molar-refractivity contribution in [3.8, 4) is 5.69 Å². The van der Waals surface area contributed by atoms with Crippen molar-refractivity contribution in [2.45, 2.75) is 19.3 Å². The molecule has 0 aliphatic rings. The standard InChI is InChI=1S/C18H12F6N4O/c1-10-4-2-3-5-13(10)28-15(18(22,23)24)12(9-26-28)16(29)27-11-6-7-25-14(8-11)17(19,20)21/h2-9H,1H3,(H,25,27,29). The summed E-state index contributed by atoms with van der Waals surface area (Å²) >= 11 is 0. The molecule has 2 aromatic heterocycles. The molecule has 0 atom stereocenters. The second-order valence-electron chi connectivity index (χ2n) is 5.98. The summed E-state index contributed by atoms with van der Waals surface area (Å²) in [5.74, 6) is -1.25. The lowest BCUT2D eigenvalue weighted by molar-refractivity contribution is -0.143. The summed E-state index contributed by atoms with van der Waals surface area (Å²) in [6.45, 7) is 1.58. The summed E-state index contributed by atoms with van der Waals surface area (Å²) in [4.78, 5) is 15.5. The fourth-order valence-electron chi connectivity index (χ4n) is 2.63. The molecule has 5 nitrogen and oxygen atoms in total. The van der Waals surface area contributed by atoms with E-state index >= 15 is 0 Å². The van der Waals surface area contributed by atoms with Crippen LogP contribution in [-0.4, -0.2) is 20.7 Å². The number of benzene rings is 1. The van der Waals surface area contributed by atoms with Crippen LogP contribution in [0.2, 0.25) is 0 Å². The highest BCUT2D eigenvalue weighted by Gasteiger charge is 2.41. The molecule has 1 amide bonds. The van der Waals surface area contributed by atoms with Crippen molar-refractivity contribution in [2.24, 2.45) is 0 Å².